The van der Waals surface area contributed by atoms with Crippen LogP contribution in [0.25, 0.3) is 22.4 Å². The number of ether oxygens (including phenoxy) is 2. The van der Waals surface area contributed by atoms with Crippen LogP contribution in [0.4, 0.5) is 0 Å². The quantitative estimate of drug-likeness (QED) is 0.105. The van der Waals surface area contributed by atoms with Crippen LogP contribution in [0.2, 0.25) is 0 Å². The second-order valence-electron chi connectivity index (χ2n) is 11.4. The molecule has 1 atom stereocenters. The van der Waals surface area contributed by atoms with Gasteiger partial charge in [0.1, 0.15) is 36.4 Å². The Labute approximate surface area is 286 Å². The van der Waals surface area contributed by atoms with E-state index in [0.29, 0.717) is 60.7 Å². The first-order valence-electron chi connectivity index (χ1n) is 16.0. The monoisotopic (exact) mass is 724 g/mol. The van der Waals surface area contributed by atoms with Gasteiger partial charge in [-0.15, -0.1) is 20.2 Å². The van der Waals surface area contributed by atoms with Crippen molar-refractivity contribution in [2.24, 2.45) is 7.05 Å². The Morgan fingerprint density at radius 3 is 2.52 bits per heavy atom. The Kier molecular flexibility index (Phi) is 13.0. The Morgan fingerprint density at radius 2 is 1.86 bits per heavy atom. The van der Waals surface area contributed by atoms with E-state index in [1.807, 2.05) is 11.8 Å². The lowest BCUT2D eigenvalue weighted by atomic mass is 10.1. The average Bonchev–Trinajstić information content (AvgIpc) is 3.38. The predicted molar refractivity (Wildman–Crippen MR) is 175 cm³/mol. The molecule has 21 heteroatoms. The molecule has 0 saturated carbocycles. The first-order valence-corrected chi connectivity index (χ1v) is 17.5. The molecule has 50 heavy (non-hydrogen) atoms. The van der Waals surface area contributed by atoms with Crippen molar-refractivity contribution in [3.63, 3.8) is 0 Å². The van der Waals surface area contributed by atoms with Crippen LogP contribution >= 0.6 is 0 Å². The minimum absolute atomic E-state index is 0.0110. The van der Waals surface area contributed by atoms with E-state index in [4.69, 9.17) is 14.5 Å². The van der Waals surface area contributed by atoms with Gasteiger partial charge in [0.25, 0.3) is 15.7 Å². The van der Waals surface area contributed by atoms with Crippen molar-refractivity contribution in [2.75, 3.05) is 52.5 Å². The van der Waals surface area contributed by atoms with Crippen LogP contribution < -0.4 is 10.3 Å². The lowest BCUT2D eigenvalue weighted by Gasteiger charge is -2.33. The minimum atomic E-state index is -3.95. The van der Waals surface area contributed by atoms with Crippen molar-refractivity contribution in [1.82, 2.24) is 29.0 Å². The highest BCUT2D eigenvalue weighted by Crippen LogP contribution is 2.32. The van der Waals surface area contributed by atoms with Gasteiger partial charge >= 0.3 is 5.97 Å². The number of piperazine rings is 1. The van der Waals surface area contributed by atoms with Gasteiger partial charge in [0.05, 0.1) is 22.8 Å². The summed E-state index contributed by atoms with van der Waals surface area (Å²) in [6.07, 6.45) is 0.193. The van der Waals surface area contributed by atoms with E-state index in [9.17, 15) is 38.2 Å². The van der Waals surface area contributed by atoms with Crippen LogP contribution in [0, 0.1) is 20.2 Å². The number of aromatic nitrogens is 4. The molecule has 4 rings (SSSR count). The molecule has 1 N–H and O–H groups in total. The summed E-state index contributed by atoms with van der Waals surface area (Å²) in [5.74, 6) is -0.0308. The molecule has 1 saturated heterocycles. The smallest absolute Gasteiger partial charge is 0.305 e. The number of carbonyl (C=O) groups is 1. The van der Waals surface area contributed by atoms with Gasteiger partial charge in [-0.3, -0.25) is 19.2 Å². The van der Waals surface area contributed by atoms with E-state index in [0.717, 1.165) is 6.42 Å². The van der Waals surface area contributed by atoms with E-state index in [2.05, 4.69) is 19.8 Å². The highest BCUT2D eigenvalue weighted by Gasteiger charge is 2.30. The number of hydrogen-bond acceptors (Lipinski definition) is 15. The van der Waals surface area contributed by atoms with E-state index in [-0.39, 0.29) is 49.7 Å². The number of H-pyrrole nitrogens is 1. The molecule has 3 heterocycles. The third-order valence-corrected chi connectivity index (χ3v) is 9.80. The highest BCUT2D eigenvalue weighted by atomic mass is 32.2. The first-order chi connectivity index (χ1) is 23.8. The second kappa shape index (κ2) is 17.2. The number of hydrogen-bond donors (Lipinski definition) is 1. The van der Waals surface area contributed by atoms with Crippen LogP contribution in [0.3, 0.4) is 0 Å². The van der Waals surface area contributed by atoms with E-state index in [1.165, 1.54) is 21.1 Å². The fourth-order valence-corrected chi connectivity index (χ4v) is 6.97. The summed E-state index contributed by atoms with van der Waals surface area (Å²) in [6, 6.07) is 4.46. The zero-order valence-corrected chi connectivity index (χ0v) is 28.8. The van der Waals surface area contributed by atoms with Gasteiger partial charge in [0, 0.05) is 46.2 Å². The number of carbonyl (C=O) groups excluding carboxylic acids is 1. The van der Waals surface area contributed by atoms with Gasteiger partial charge < -0.3 is 24.1 Å². The molecule has 0 aliphatic carbocycles. The Hall–Kier alpha value is -4.89. The molecular formula is C29H40N8O12S. The number of nitrogens with zero attached hydrogens (tertiary/aromatic N) is 7. The van der Waals surface area contributed by atoms with Crippen LogP contribution in [-0.2, 0) is 42.7 Å². The number of sulfonamides is 1. The molecule has 0 bridgehead atoms. The van der Waals surface area contributed by atoms with Gasteiger partial charge in [-0.05, 0) is 44.4 Å². The lowest BCUT2D eigenvalue weighted by molar-refractivity contribution is -0.790. The third kappa shape index (κ3) is 9.63. The number of fused-ring (bicyclic) bond motifs is 1. The maximum absolute atomic E-state index is 13.8. The van der Waals surface area contributed by atoms with Crippen LogP contribution in [0.1, 0.15) is 45.2 Å². The van der Waals surface area contributed by atoms with E-state index < -0.39 is 44.4 Å². The molecule has 3 aromatic rings. The van der Waals surface area contributed by atoms with Crippen molar-refractivity contribution in [3.8, 4) is 17.1 Å². The molecule has 274 valence electrons. The Morgan fingerprint density at radius 1 is 1.12 bits per heavy atom. The summed E-state index contributed by atoms with van der Waals surface area (Å²) in [6.45, 7) is 4.96. The standard InChI is InChI=1S/C29H40N8O12S/c1-4-7-23-26-27(33(3)32-23)29(39)31-28(30-26)22-18-21(10-11-24(22)46-5-2)50(44,45)35-14-12-34(13-15-35)16-17-47-25(38)9-6-8-20(49-37(42)43)19-48-36(40)41/h10-11,18,20H,4-9,12-17,19H2,1-3H3,(H,30,31,39). The lowest BCUT2D eigenvalue weighted by Crippen LogP contribution is -2.49. The molecule has 0 amide bonds. The summed E-state index contributed by atoms with van der Waals surface area (Å²) >= 11 is 0. The van der Waals surface area contributed by atoms with Crippen LogP contribution in [0.15, 0.2) is 27.9 Å². The summed E-state index contributed by atoms with van der Waals surface area (Å²) in [4.78, 5) is 64.0. The fourth-order valence-electron chi connectivity index (χ4n) is 5.53. The van der Waals surface area contributed by atoms with Crippen molar-refractivity contribution < 1.29 is 42.5 Å². The molecule has 1 unspecified atom stereocenters. The summed E-state index contributed by atoms with van der Waals surface area (Å²) in [5.41, 5.74) is 1.36. The maximum Gasteiger partial charge on any atom is 0.305 e. The molecule has 1 aromatic carbocycles. The van der Waals surface area contributed by atoms with Crippen molar-refractivity contribution in [3.05, 3.63) is 54.5 Å². The number of nitrogens with one attached hydrogen (secondary N) is 1. The normalized spacial score (nSPS) is 14.7. The molecule has 20 nitrogen and oxygen atoms in total. The largest absolute Gasteiger partial charge is 0.493 e. The van der Waals surface area contributed by atoms with Gasteiger partial charge in [0.15, 0.2) is 5.52 Å². The molecule has 1 fully saturated rings. The second-order valence-corrected chi connectivity index (χ2v) is 13.3. The number of esters is 1. The molecule has 1 aliphatic heterocycles. The van der Waals surface area contributed by atoms with Crippen molar-refractivity contribution >= 4 is 27.0 Å². The van der Waals surface area contributed by atoms with Gasteiger partial charge in [-0.1, -0.05) is 13.3 Å². The Balaban J connectivity index is 1.35. The zero-order valence-electron chi connectivity index (χ0n) is 27.9. The molecular weight excluding hydrogens is 684 g/mol. The average molecular weight is 725 g/mol. The van der Waals surface area contributed by atoms with Gasteiger partial charge in [-0.2, -0.15) is 9.40 Å². The van der Waals surface area contributed by atoms with E-state index in [1.54, 1.807) is 20.0 Å². The van der Waals surface area contributed by atoms with E-state index >= 15 is 0 Å². The number of rotatable bonds is 19. The molecule has 0 radical (unpaired) electrons. The minimum Gasteiger partial charge on any atom is -0.493 e. The summed E-state index contributed by atoms with van der Waals surface area (Å²) in [7, 11) is -2.28. The summed E-state index contributed by atoms with van der Waals surface area (Å²) in [5, 5.41) is 23.2. The Bertz CT molecular complexity index is 1840. The third-order valence-electron chi connectivity index (χ3n) is 7.90. The van der Waals surface area contributed by atoms with Crippen LogP contribution in [-0.4, -0.2) is 112 Å². The molecule has 2 aromatic heterocycles. The zero-order chi connectivity index (χ0) is 36.4. The van der Waals surface area contributed by atoms with Gasteiger partial charge in [-0.25, -0.2) is 13.4 Å². The maximum atomic E-state index is 13.8. The van der Waals surface area contributed by atoms with Gasteiger partial charge in [0.2, 0.25) is 10.0 Å². The first kappa shape index (κ1) is 37.9. The SMILES string of the molecule is CCCc1nn(C)c2c(=O)[nH]c(-c3cc(S(=O)(=O)N4CCN(CCOC(=O)CCCC(CO[N+](=O)[O-])O[N+](=O)[O-])CC4)ccc3OCC)nc12. The summed E-state index contributed by atoms with van der Waals surface area (Å²) < 4.78 is 41.4. The molecule has 0 spiro atoms. The van der Waals surface area contributed by atoms with Crippen molar-refractivity contribution in [2.45, 2.75) is 57.0 Å². The molecule has 1 aliphatic rings. The number of aryl methyl sites for hydroxylation is 2. The predicted octanol–water partition coefficient (Wildman–Crippen LogP) is 1.48. The van der Waals surface area contributed by atoms with Crippen molar-refractivity contribution in [1.29, 1.82) is 0 Å². The highest BCUT2D eigenvalue weighted by molar-refractivity contribution is 7.89. The fraction of sp³-hybridized carbons (Fsp3) is 0.586. The van der Waals surface area contributed by atoms with Crippen LogP contribution in [0.5, 0.6) is 5.75 Å². The number of benzene rings is 1. The number of aromatic amines is 1. The topological polar surface area (TPSA) is 244 Å².